The lowest BCUT2D eigenvalue weighted by Crippen LogP contribution is -2.63. The molecule has 2 heterocycles. The Hall–Kier alpha value is -2.06. The molecule has 0 bridgehead atoms. The number of benzene rings is 1. The van der Waals surface area contributed by atoms with Gasteiger partial charge in [-0.2, -0.15) is 5.26 Å². The number of nitriles is 1. The zero-order valence-electron chi connectivity index (χ0n) is 12.2. The number of hydrogen-bond donors (Lipinski definition) is 1. The van der Waals surface area contributed by atoms with Crippen molar-refractivity contribution in [3.63, 3.8) is 0 Å². The van der Waals surface area contributed by atoms with Crippen LogP contribution in [0.25, 0.3) is 0 Å². The molecule has 3 rings (SSSR count). The number of fused-ring (bicyclic) bond motifs is 1. The highest BCUT2D eigenvalue weighted by atomic mass is 16.5. The monoisotopic (exact) mass is 286 g/mol. The number of rotatable bonds is 1. The molecule has 0 saturated carbocycles. The Balaban J connectivity index is 2.21. The molecule has 0 spiro atoms. The predicted molar refractivity (Wildman–Crippen MR) is 75.4 cm³/mol. The lowest BCUT2D eigenvalue weighted by molar-refractivity contribution is -0.155. The van der Waals surface area contributed by atoms with E-state index >= 15 is 0 Å². The Morgan fingerprint density at radius 2 is 2.14 bits per heavy atom. The molecule has 2 aliphatic heterocycles. The van der Waals surface area contributed by atoms with E-state index in [-0.39, 0.29) is 5.91 Å². The molecule has 2 aliphatic rings. The van der Waals surface area contributed by atoms with E-state index in [0.717, 1.165) is 6.42 Å². The molecule has 5 heteroatoms. The van der Waals surface area contributed by atoms with Crippen LogP contribution in [0, 0.1) is 11.3 Å². The highest BCUT2D eigenvalue weighted by Crippen LogP contribution is 2.49. The van der Waals surface area contributed by atoms with Gasteiger partial charge in [-0.1, -0.05) is 18.2 Å². The van der Waals surface area contributed by atoms with Crippen molar-refractivity contribution in [2.24, 2.45) is 0 Å². The maximum Gasteiger partial charge on any atom is 0.223 e. The van der Waals surface area contributed by atoms with Gasteiger partial charge in [0.15, 0.2) is 0 Å². The van der Waals surface area contributed by atoms with Gasteiger partial charge in [-0.05, 0) is 26.3 Å². The second-order valence-electron chi connectivity index (χ2n) is 6.12. The van der Waals surface area contributed by atoms with Crippen LogP contribution in [-0.2, 0) is 4.79 Å². The number of para-hydroxylation sites is 1. The van der Waals surface area contributed by atoms with Crippen molar-refractivity contribution >= 4 is 5.91 Å². The van der Waals surface area contributed by atoms with Crippen molar-refractivity contribution in [3.8, 4) is 11.8 Å². The van der Waals surface area contributed by atoms with Crippen LogP contribution in [-0.4, -0.2) is 33.7 Å². The van der Waals surface area contributed by atoms with Crippen LogP contribution in [0.5, 0.6) is 5.75 Å². The molecule has 1 saturated heterocycles. The molecule has 110 valence electrons. The van der Waals surface area contributed by atoms with Crippen molar-refractivity contribution < 1.29 is 14.6 Å². The number of carbonyl (C=O) groups excluding carboxylic acids is 1. The molecule has 0 aliphatic carbocycles. The molecule has 2 atom stereocenters. The first kappa shape index (κ1) is 13.9. The molecule has 21 heavy (non-hydrogen) atoms. The maximum atomic E-state index is 12.2. The third-order valence-electron chi connectivity index (χ3n) is 4.48. The Kier molecular flexibility index (Phi) is 2.96. The molecule has 0 unspecified atom stereocenters. The fourth-order valence-electron chi connectivity index (χ4n) is 3.24. The topological polar surface area (TPSA) is 73.6 Å². The number of likely N-dealkylation sites (tertiary alicyclic amines) is 1. The highest BCUT2D eigenvalue weighted by Gasteiger charge is 2.59. The van der Waals surface area contributed by atoms with E-state index in [1.165, 1.54) is 0 Å². The van der Waals surface area contributed by atoms with E-state index in [4.69, 9.17) is 4.74 Å². The van der Waals surface area contributed by atoms with Crippen LogP contribution < -0.4 is 4.74 Å². The molecule has 1 N–H and O–H groups in total. The zero-order chi connectivity index (χ0) is 15.3. The largest absolute Gasteiger partial charge is 0.483 e. The van der Waals surface area contributed by atoms with Gasteiger partial charge in [0.1, 0.15) is 23.5 Å². The molecular weight excluding hydrogens is 268 g/mol. The van der Waals surface area contributed by atoms with Gasteiger partial charge in [0.05, 0.1) is 0 Å². The summed E-state index contributed by atoms with van der Waals surface area (Å²) in [5.74, 6) is 0.591. The molecule has 1 aromatic carbocycles. The number of amides is 1. The van der Waals surface area contributed by atoms with E-state index in [9.17, 15) is 15.2 Å². The van der Waals surface area contributed by atoms with E-state index < -0.39 is 17.2 Å². The fraction of sp³-hybridized carbons (Fsp3) is 0.500. The summed E-state index contributed by atoms with van der Waals surface area (Å²) in [5.41, 5.74) is -2.21. The molecule has 1 amide bonds. The molecule has 1 aromatic rings. The normalized spacial score (nSPS) is 30.5. The molecule has 0 radical (unpaired) electrons. The van der Waals surface area contributed by atoms with E-state index in [2.05, 4.69) is 0 Å². The Bertz CT molecular complexity index is 635. The molecule has 1 fully saturated rings. The third-order valence-corrected chi connectivity index (χ3v) is 4.48. The Morgan fingerprint density at radius 1 is 1.43 bits per heavy atom. The Morgan fingerprint density at radius 3 is 2.76 bits per heavy atom. The first-order valence-corrected chi connectivity index (χ1v) is 7.12. The lowest BCUT2D eigenvalue weighted by atomic mass is 9.74. The van der Waals surface area contributed by atoms with Crippen LogP contribution in [0.1, 0.15) is 38.3 Å². The molecule has 0 aromatic heterocycles. The first-order valence-electron chi connectivity index (χ1n) is 7.12. The summed E-state index contributed by atoms with van der Waals surface area (Å²) in [6.07, 6.45) is 1.21. The van der Waals surface area contributed by atoms with Crippen LogP contribution in [0.4, 0.5) is 0 Å². The van der Waals surface area contributed by atoms with Crippen molar-refractivity contribution in [1.29, 1.82) is 5.26 Å². The van der Waals surface area contributed by atoms with E-state index in [1.807, 2.05) is 30.3 Å². The minimum absolute atomic E-state index is 0.0267. The van der Waals surface area contributed by atoms with Gasteiger partial charge >= 0.3 is 0 Å². The summed E-state index contributed by atoms with van der Waals surface area (Å²) < 4.78 is 5.84. The standard InChI is InChI=1S/C16H18N2O3/c1-15(2)16(20,10-17)14(18-9-5-8-13(18)19)11-6-3-4-7-12(11)21-15/h3-4,6-7,14,20H,5,8-9H2,1-2H3/t14-,16-/m1/s1. The first-order chi connectivity index (χ1) is 9.90. The van der Waals surface area contributed by atoms with Gasteiger partial charge in [-0.15, -0.1) is 0 Å². The van der Waals surface area contributed by atoms with Crippen molar-refractivity contribution in [2.45, 2.75) is 43.9 Å². The second-order valence-corrected chi connectivity index (χ2v) is 6.12. The lowest BCUT2D eigenvalue weighted by Gasteiger charge is -2.49. The van der Waals surface area contributed by atoms with Gasteiger partial charge < -0.3 is 14.7 Å². The smallest absolute Gasteiger partial charge is 0.223 e. The minimum Gasteiger partial charge on any atom is -0.483 e. The van der Waals surface area contributed by atoms with Crippen molar-refractivity contribution in [2.75, 3.05) is 6.54 Å². The summed E-state index contributed by atoms with van der Waals surface area (Å²) in [7, 11) is 0. The van der Waals surface area contributed by atoms with Crippen LogP contribution in [0.2, 0.25) is 0 Å². The van der Waals surface area contributed by atoms with Gasteiger partial charge in [-0.3, -0.25) is 4.79 Å². The number of hydrogen-bond acceptors (Lipinski definition) is 4. The summed E-state index contributed by atoms with van der Waals surface area (Å²) in [4.78, 5) is 13.8. The maximum absolute atomic E-state index is 12.2. The molecule has 5 nitrogen and oxygen atoms in total. The average molecular weight is 286 g/mol. The summed E-state index contributed by atoms with van der Waals surface area (Å²) in [6.45, 7) is 3.91. The molecular formula is C16H18N2O3. The second kappa shape index (κ2) is 4.47. The quantitative estimate of drug-likeness (QED) is 0.799. The van der Waals surface area contributed by atoms with Gasteiger partial charge in [0.2, 0.25) is 11.5 Å². The predicted octanol–water partition coefficient (Wildman–Crippen LogP) is 1.78. The summed E-state index contributed by atoms with van der Waals surface area (Å²) in [5, 5.41) is 20.6. The highest BCUT2D eigenvalue weighted by molar-refractivity contribution is 5.79. The van der Waals surface area contributed by atoms with Gasteiger partial charge in [0, 0.05) is 18.5 Å². The minimum atomic E-state index is -1.79. The third kappa shape index (κ3) is 1.83. The van der Waals surface area contributed by atoms with E-state index in [0.29, 0.717) is 24.3 Å². The number of nitrogens with zero attached hydrogens (tertiary/aromatic N) is 2. The van der Waals surface area contributed by atoms with Crippen LogP contribution >= 0.6 is 0 Å². The summed E-state index contributed by atoms with van der Waals surface area (Å²) >= 11 is 0. The average Bonchev–Trinajstić information content (AvgIpc) is 2.85. The Labute approximate surface area is 123 Å². The van der Waals surface area contributed by atoms with Crippen molar-refractivity contribution in [1.82, 2.24) is 4.90 Å². The summed E-state index contributed by atoms with van der Waals surface area (Å²) in [6, 6.07) is 8.58. The van der Waals surface area contributed by atoms with Crippen molar-refractivity contribution in [3.05, 3.63) is 29.8 Å². The fourth-order valence-corrected chi connectivity index (χ4v) is 3.24. The van der Waals surface area contributed by atoms with Gasteiger partial charge in [-0.25, -0.2) is 0 Å². The van der Waals surface area contributed by atoms with E-state index in [1.54, 1.807) is 18.7 Å². The van der Waals surface area contributed by atoms with Crippen LogP contribution in [0.3, 0.4) is 0 Å². The number of carbonyl (C=O) groups is 1. The number of aliphatic hydroxyl groups is 1. The van der Waals surface area contributed by atoms with Gasteiger partial charge in [0.25, 0.3) is 0 Å². The SMILES string of the molecule is CC1(C)Oc2ccccc2[C@@H](N2CCCC2=O)[C@]1(O)C#N. The number of ether oxygens (including phenoxy) is 1. The zero-order valence-corrected chi connectivity index (χ0v) is 12.2. The van der Waals surface area contributed by atoms with Crippen LogP contribution in [0.15, 0.2) is 24.3 Å².